The molecule has 0 aromatic carbocycles. The van der Waals surface area contributed by atoms with Gasteiger partial charge in [-0.3, -0.25) is 4.98 Å². The first-order valence-electron chi connectivity index (χ1n) is 9.38. The molecule has 2 amide bonds. The molecular weight excluding hydrogens is 421 g/mol. The molecule has 2 aliphatic rings. The summed E-state index contributed by atoms with van der Waals surface area (Å²) in [6.45, 7) is 2.48. The summed E-state index contributed by atoms with van der Waals surface area (Å²) in [4.78, 5) is 19.8. The van der Waals surface area contributed by atoms with E-state index in [0.29, 0.717) is 12.6 Å². The summed E-state index contributed by atoms with van der Waals surface area (Å²) < 4.78 is 55.1. The van der Waals surface area contributed by atoms with Crippen LogP contribution in [0.3, 0.4) is 0 Å². The lowest BCUT2D eigenvalue weighted by Crippen LogP contribution is -2.25. The summed E-state index contributed by atoms with van der Waals surface area (Å²) in [7, 11) is -4.19. The lowest BCUT2D eigenvalue weighted by atomic mass is 10.0. The van der Waals surface area contributed by atoms with Crippen LogP contribution in [-0.2, 0) is 29.2 Å². The molecule has 0 saturated carbocycles. The number of nitrogens with two attached hydrogens (primary N) is 2. The van der Waals surface area contributed by atoms with Gasteiger partial charge in [0.15, 0.2) is 20.8 Å². The molecular formula is C18H23F3N6O2S. The second kappa shape index (κ2) is 7.99. The molecule has 0 fully saturated rings. The molecule has 0 bridgehead atoms. The van der Waals surface area contributed by atoms with Gasteiger partial charge in [0.25, 0.3) is 0 Å². The standard InChI is InChI=1S/C18H23F3N6O2S/c1-9-6-7-11-14(9)25-13-5-3-4-10(13)15(11)26-17(28)27-30(23,29)16(22)12(19)8-24-18(2,20)21/h8-9H,3-7,22H2,1-2H3,(H3,23,25,26,27,28,29)/t9-,30?/m1/s1. The summed E-state index contributed by atoms with van der Waals surface area (Å²) in [6, 6.07) is -4.63. The number of nitrogens with one attached hydrogen (secondary N) is 1. The molecule has 0 spiro atoms. The van der Waals surface area contributed by atoms with Crippen molar-refractivity contribution in [1.82, 2.24) is 4.98 Å². The van der Waals surface area contributed by atoms with Crippen LogP contribution in [0.4, 0.5) is 23.7 Å². The summed E-state index contributed by atoms with van der Waals surface area (Å²) in [5.74, 6) is -1.30. The molecule has 5 N–H and O–H groups in total. The number of hydrogen-bond donors (Lipinski definition) is 3. The molecule has 1 aromatic heterocycles. The zero-order valence-electron chi connectivity index (χ0n) is 16.5. The highest BCUT2D eigenvalue weighted by molar-refractivity contribution is 7.95. The number of carbonyl (C=O) groups excluding carboxylic acids is 1. The van der Waals surface area contributed by atoms with Crippen LogP contribution in [0.15, 0.2) is 20.2 Å². The molecule has 8 nitrogen and oxygen atoms in total. The molecule has 0 aliphatic heterocycles. The first-order chi connectivity index (χ1) is 13.9. The first kappa shape index (κ1) is 22.2. The van der Waals surface area contributed by atoms with E-state index in [1.165, 1.54) is 0 Å². The smallest absolute Gasteiger partial charge is 0.354 e. The number of amides is 2. The van der Waals surface area contributed by atoms with E-state index >= 15 is 0 Å². The van der Waals surface area contributed by atoms with E-state index in [9.17, 15) is 22.2 Å². The number of nitrogens with zero attached hydrogens (tertiary/aromatic N) is 3. The van der Waals surface area contributed by atoms with Crippen LogP contribution >= 0.6 is 0 Å². The minimum absolute atomic E-state index is 0.0965. The average molecular weight is 444 g/mol. The molecule has 0 radical (unpaired) electrons. The predicted molar refractivity (Wildman–Crippen MR) is 108 cm³/mol. The van der Waals surface area contributed by atoms with Crippen LogP contribution in [0.25, 0.3) is 0 Å². The maximum Gasteiger partial charge on any atom is 0.354 e. The average Bonchev–Trinajstić information content (AvgIpc) is 3.25. The van der Waals surface area contributed by atoms with E-state index in [0.717, 1.165) is 54.6 Å². The number of aryl methyl sites for hydroxylation is 1. The number of urea groups is 1. The van der Waals surface area contributed by atoms with Crippen molar-refractivity contribution in [3.8, 4) is 0 Å². The predicted octanol–water partition coefficient (Wildman–Crippen LogP) is 3.27. The number of halogens is 3. The van der Waals surface area contributed by atoms with Crippen LogP contribution in [0.2, 0.25) is 0 Å². The maximum atomic E-state index is 13.9. The van der Waals surface area contributed by atoms with Crippen molar-refractivity contribution in [2.45, 2.75) is 57.9 Å². The van der Waals surface area contributed by atoms with Crippen LogP contribution in [0.1, 0.15) is 55.1 Å². The SMILES string of the molecule is C[C@@H]1CCc2c1nc1c(c2NC(=O)N=S(N)(=O)C(N)=C(F)C=NC(C)(F)F)CCC1. The number of anilines is 1. The molecule has 2 atom stereocenters. The number of alkyl halides is 2. The molecule has 1 heterocycles. The summed E-state index contributed by atoms with van der Waals surface area (Å²) >= 11 is 0. The van der Waals surface area contributed by atoms with Gasteiger partial charge in [-0.15, -0.1) is 4.36 Å². The Hall–Kier alpha value is -2.47. The molecule has 0 saturated heterocycles. The third kappa shape index (κ3) is 4.64. The van der Waals surface area contributed by atoms with Gasteiger partial charge in [-0.2, -0.15) is 8.78 Å². The van der Waals surface area contributed by atoms with Crippen LogP contribution in [0, 0.1) is 0 Å². The Bertz CT molecular complexity index is 1070. The van der Waals surface area contributed by atoms with Crippen molar-refractivity contribution in [2.75, 3.05) is 5.32 Å². The van der Waals surface area contributed by atoms with Gasteiger partial charge in [0.2, 0.25) is 0 Å². The highest BCUT2D eigenvalue weighted by Gasteiger charge is 2.30. The van der Waals surface area contributed by atoms with Gasteiger partial charge in [-0.25, -0.2) is 23.5 Å². The Morgan fingerprint density at radius 1 is 1.33 bits per heavy atom. The van der Waals surface area contributed by atoms with Gasteiger partial charge in [0, 0.05) is 18.3 Å². The fourth-order valence-corrected chi connectivity index (χ4v) is 4.35. The normalized spacial score (nSPS) is 21.1. The fourth-order valence-electron chi connectivity index (χ4n) is 3.63. The third-order valence-corrected chi connectivity index (χ3v) is 6.32. The Morgan fingerprint density at radius 3 is 2.70 bits per heavy atom. The Morgan fingerprint density at radius 2 is 2.03 bits per heavy atom. The van der Waals surface area contributed by atoms with E-state index in [2.05, 4.69) is 21.6 Å². The van der Waals surface area contributed by atoms with Gasteiger partial charge in [0.05, 0.1) is 11.9 Å². The van der Waals surface area contributed by atoms with Gasteiger partial charge in [-0.1, -0.05) is 6.92 Å². The Kier molecular flexibility index (Phi) is 5.92. The first-order valence-corrected chi connectivity index (χ1v) is 11.0. The molecule has 30 heavy (non-hydrogen) atoms. The highest BCUT2D eigenvalue weighted by Crippen LogP contribution is 2.41. The van der Waals surface area contributed by atoms with Crippen molar-refractivity contribution < 1.29 is 22.2 Å². The monoisotopic (exact) mass is 444 g/mol. The van der Waals surface area contributed by atoms with Crippen molar-refractivity contribution in [2.24, 2.45) is 20.2 Å². The van der Waals surface area contributed by atoms with Gasteiger partial charge in [-0.05, 0) is 49.1 Å². The zero-order valence-corrected chi connectivity index (χ0v) is 17.4. The number of hydrogen-bond acceptors (Lipinski definition) is 5. The van der Waals surface area contributed by atoms with Gasteiger partial charge < -0.3 is 11.1 Å². The number of rotatable bonds is 4. The summed E-state index contributed by atoms with van der Waals surface area (Å²) in [6.07, 6.45) is 4.14. The fraction of sp³-hybridized carbons (Fsp3) is 0.500. The number of pyridine rings is 1. The lowest BCUT2D eigenvalue weighted by molar-refractivity contribution is 0.0330. The van der Waals surface area contributed by atoms with E-state index in [-0.39, 0.29) is 12.1 Å². The van der Waals surface area contributed by atoms with Crippen molar-refractivity contribution in [3.63, 3.8) is 0 Å². The molecule has 12 heteroatoms. The molecule has 164 valence electrons. The van der Waals surface area contributed by atoms with Gasteiger partial charge >= 0.3 is 12.1 Å². The second-order valence-corrected chi connectivity index (χ2v) is 9.23. The number of carbonyl (C=O) groups is 1. The Labute approximate surface area is 172 Å². The molecule has 3 rings (SSSR count). The highest BCUT2D eigenvalue weighted by atomic mass is 32.2. The molecule has 1 aromatic rings. The largest absolute Gasteiger partial charge is 0.387 e. The second-order valence-electron chi connectivity index (χ2n) is 7.47. The van der Waals surface area contributed by atoms with Crippen molar-refractivity contribution in [3.05, 3.63) is 33.4 Å². The third-order valence-electron chi connectivity index (χ3n) is 5.06. The van der Waals surface area contributed by atoms with E-state index in [4.69, 9.17) is 15.9 Å². The quantitative estimate of drug-likeness (QED) is 0.485. The van der Waals surface area contributed by atoms with E-state index in [1.807, 2.05) is 0 Å². The molecule has 2 aliphatic carbocycles. The maximum absolute atomic E-state index is 13.9. The van der Waals surface area contributed by atoms with E-state index in [1.54, 1.807) is 0 Å². The number of aliphatic imine (C=N–C) groups is 1. The summed E-state index contributed by atoms with van der Waals surface area (Å²) in [5.41, 5.74) is 9.57. The number of aromatic nitrogens is 1. The van der Waals surface area contributed by atoms with Crippen LogP contribution in [0.5, 0.6) is 0 Å². The summed E-state index contributed by atoms with van der Waals surface area (Å²) in [5, 5.41) is 6.88. The molecule has 1 unspecified atom stereocenters. The number of fused-ring (bicyclic) bond motifs is 2. The zero-order chi connectivity index (χ0) is 22.3. The van der Waals surface area contributed by atoms with Crippen molar-refractivity contribution >= 4 is 27.8 Å². The van der Waals surface area contributed by atoms with Crippen LogP contribution < -0.4 is 16.2 Å². The minimum atomic E-state index is -4.19. The van der Waals surface area contributed by atoms with E-state index < -0.39 is 32.8 Å². The topological polar surface area (TPSA) is 136 Å². The van der Waals surface area contributed by atoms with Crippen LogP contribution in [-0.4, -0.2) is 27.5 Å². The lowest BCUT2D eigenvalue weighted by Gasteiger charge is -2.15. The Balaban J connectivity index is 1.92. The van der Waals surface area contributed by atoms with Gasteiger partial charge in [0.1, 0.15) is 0 Å². The number of allylic oxidation sites excluding steroid dienone is 1. The minimum Gasteiger partial charge on any atom is -0.387 e. The van der Waals surface area contributed by atoms with Crippen molar-refractivity contribution in [1.29, 1.82) is 0 Å².